The molecule has 0 saturated carbocycles. The van der Waals surface area contributed by atoms with Crippen molar-refractivity contribution in [3.8, 4) is 0 Å². The van der Waals surface area contributed by atoms with E-state index in [9.17, 15) is 4.79 Å². The highest BCUT2D eigenvalue weighted by Crippen LogP contribution is 2.27. The van der Waals surface area contributed by atoms with Crippen LogP contribution in [-0.4, -0.2) is 45.1 Å². The summed E-state index contributed by atoms with van der Waals surface area (Å²) in [7, 11) is 0. The van der Waals surface area contributed by atoms with Crippen molar-refractivity contribution < 1.29 is 14.3 Å². The van der Waals surface area contributed by atoms with Crippen molar-refractivity contribution in [2.45, 2.75) is 84.7 Å². The molecule has 0 spiro atoms. The summed E-state index contributed by atoms with van der Waals surface area (Å²) in [6.45, 7) is 13.7. The minimum absolute atomic E-state index is 0.266. The van der Waals surface area contributed by atoms with E-state index in [-0.39, 0.29) is 11.7 Å². The van der Waals surface area contributed by atoms with E-state index in [0.717, 1.165) is 25.0 Å². The fraction of sp³-hybridized carbons (Fsp3) is 0.789. The van der Waals surface area contributed by atoms with E-state index in [2.05, 4.69) is 25.9 Å². The Hall–Kier alpha value is -1.56. The monoisotopic (exact) mass is 351 g/mol. The molecule has 2 rings (SSSR count). The Morgan fingerprint density at radius 1 is 1.36 bits per heavy atom. The molecule has 1 aromatic heterocycles. The van der Waals surface area contributed by atoms with Crippen molar-refractivity contribution in [1.29, 1.82) is 0 Å². The van der Waals surface area contributed by atoms with Crippen LogP contribution in [0, 0.1) is 0 Å². The predicted molar refractivity (Wildman–Crippen MR) is 97.5 cm³/mol. The number of rotatable bonds is 6. The zero-order valence-corrected chi connectivity index (χ0v) is 16.5. The van der Waals surface area contributed by atoms with Crippen LogP contribution in [-0.2, 0) is 16.1 Å². The first-order chi connectivity index (χ1) is 11.7. The minimum atomic E-state index is -0.473. The molecular formula is C19H33N3O3. The van der Waals surface area contributed by atoms with E-state index >= 15 is 0 Å². The van der Waals surface area contributed by atoms with Gasteiger partial charge in [-0.3, -0.25) is 4.68 Å². The largest absolute Gasteiger partial charge is 0.444 e. The molecule has 1 aliphatic heterocycles. The molecule has 1 saturated heterocycles. The third kappa shape index (κ3) is 5.46. The highest BCUT2D eigenvalue weighted by molar-refractivity contribution is 5.68. The first-order valence-corrected chi connectivity index (χ1v) is 9.31. The molecule has 0 aliphatic carbocycles. The van der Waals surface area contributed by atoms with E-state index in [1.54, 1.807) is 4.90 Å². The van der Waals surface area contributed by atoms with E-state index < -0.39 is 5.60 Å². The van der Waals surface area contributed by atoms with Crippen LogP contribution >= 0.6 is 0 Å². The van der Waals surface area contributed by atoms with Gasteiger partial charge in [-0.15, -0.1) is 0 Å². The van der Waals surface area contributed by atoms with Gasteiger partial charge in [0.25, 0.3) is 0 Å². The average Bonchev–Trinajstić information content (AvgIpc) is 3.13. The molecule has 0 N–H and O–H groups in total. The van der Waals surface area contributed by atoms with Crippen molar-refractivity contribution in [3.63, 3.8) is 0 Å². The van der Waals surface area contributed by atoms with Gasteiger partial charge in [0.15, 0.2) is 0 Å². The standard InChI is InChI=1S/C19H33N3O3/c1-7-16(8-2)22-11-9-15(20-22)13-24-19(6)10-12-21(14-19)17(23)25-18(3,4)5/h9,11,16H,7-8,10,12-14H2,1-6H3. The van der Waals surface area contributed by atoms with Gasteiger partial charge in [0, 0.05) is 12.7 Å². The maximum atomic E-state index is 12.2. The normalized spacial score (nSPS) is 21.2. The second-order valence-corrected chi connectivity index (χ2v) is 8.15. The SMILES string of the molecule is CCC(CC)n1ccc(COC2(C)CCN(C(=O)OC(C)(C)C)C2)n1. The van der Waals surface area contributed by atoms with Crippen LogP contribution in [0.1, 0.15) is 72.5 Å². The summed E-state index contributed by atoms with van der Waals surface area (Å²) >= 11 is 0. The van der Waals surface area contributed by atoms with Crippen molar-refractivity contribution in [2.75, 3.05) is 13.1 Å². The van der Waals surface area contributed by atoms with Crippen LogP contribution < -0.4 is 0 Å². The second kappa shape index (κ2) is 7.77. The van der Waals surface area contributed by atoms with Gasteiger partial charge >= 0.3 is 6.09 Å². The Labute approximate surface area is 151 Å². The molecule has 1 amide bonds. The molecule has 25 heavy (non-hydrogen) atoms. The van der Waals surface area contributed by atoms with E-state index in [1.807, 2.05) is 37.7 Å². The summed E-state index contributed by atoms with van der Waals surface area (Å²) in [5.74, 6) is 0. The fourth-order valence-electron chi connectivity index (χ4n) is 3.10. The van der Waals surface area contributed by atoms with E-state index in [4.69, 9.17) is 9.47 Å². The van der Waals surface area contributed by atoms with Gasteiger partial charge < -0.3 is 14.4 Å². The summed E-state index contributed by atoms with van der Waals surface area (Å²) in [6.07, 6.45) is 4.71. The number of hydrogen-bond donors (Lipinski definition) is 0. The molecule has 0 bridgehead atoms. The number of hydrogen-bond acceptors (Lipinski definition) is 4. The summed E-state index contributed by atoms with van der Waals surface area (Å²) in [4.78, 5) is 13.9. The number of carbonyl (C=O) groups excluding carboxylic acids is 1. The summed E-state index contributed by atoms with van der Waals surface area (Å²) in [6, 6.07) is 2.46. The number of amides is 1. The van der Waals surface area contributed by atoms with Gasteiger partial charge in [-0.05, 0) is 53.0 Å². The highest BCUT2D eigenvalue weighted by atomic mass is 16.6. The number of nitrogens with zero attached hydrogens (tertiary/aromatic N) is 3. The van der Waals surface area contributed by atoms with Crippen LogP contribution in [0.25, 0.3) is 0 Å². The molecule has 1 aliphatic rings. The Kier molecular flexibility index (Phi) is 6.14. The molecule has 1 aromatic rings. The number of aromatic nitrogens is 2. The molecule has 6 heteroatoms. The smallest absolute Gasteiger partial charge is 0.410 e. The maximum Gasteiger partial charge on any atom is 0.410 e. The Bertz CT molecular complexity index is 575. The molecule has 142 valence electrons. The fourth-order valence-corrected chi connectivity index (χ4v) is 3.10. The van der Waals surface area contributed by atoms with Crippen molar-refractivity contribution in [3.05, 3.63) is 18.0 Å². The molecule has 0 aromatic carbocycles. The molecule has 2 heterocycles. The predicted octanol–water partition coefficient (Wildman–Crippen LogP) is 4.16. The summed E-state index contributed by atoms with van der Waals surface area (Å²) in [5.41, 5.74) is 0.109. The van der Waals surface area contributed by atoms with Crippen molar-refractivity contribution in [2.24, 2.45) is 0 Å². The lowest BCUT2D eigenvalue weighted by atomic mass is 10.1. The van der Waals surface area contributed by atoms with Gasteiger partial charge in [0.1, 0.15) is 5.60 Å². The Balaban J connectivity index is 1.88. The lowest BCUT2D eigenvalue weighted by molar-refractivity contribution is -0.0388. The van der Waals surface area contributed by atoms with Crippen LogP contribution in [0.2, 0.25) is 0 Å². The van der Waals surface area contributed by atoms with Gasteiger partial charge in [-0.2, -0.15) is 5.10 Å². The average molecular weight is 351 g/mol. The van der Waals surface area contributed by atoms with Crippen LogP contribution in [0.5, 0.6) is 0 Å². The Morgan fingerprint density at radius 2 is 2.04 bits per heavy atom. The third-order valence-corrected chi connectivity index (χ3v) is 4.64. The quantitative estimate of drug-likeness (QED) is 0.772. The molecule has 1 unspecified atom stereocenters. The van der Waals surface area contributed by atoms with Crippen molar-refractivity contribution >= 4 is 6.09 Å². The zero-order chi connectivity index (χ0) is 18.7. The number of carbonyl (C=O) groups is 1. The van der Waals surface area contributed by atoms with E-state index in [1.165, 1.54) is 0 Å². The lowest BCUT2D eigenvalue weighted by Gasteiger charge is -2.27. The molecular weight excluding hydrogens is 318 g/mol. The van der Waals surface area contributed by atoms with Crippen LogP contribution in [0.4, 0.5) is 4.79 Å². The van der Waals surface area contributed by atoms with Crippen molar-refractivity contribution in [1.82, 2.24) is 14.7 Å². The summed E-state index contributed by atoms with van der Waals surface area (Å²) < 4.78 is 13.6. The van der Waals surface area contributed by atoms with Gasteiger partial charge in [-0.25, -0.2) is 4.79 Å². The summed E-state index contributed by atoms with van der Waals surface area (Å²) in [5, 5.41) is 4.63. The number of ether oxygens (including phenoxy) is 2. The second-order valence-electron chi connectivity index (χ2n) is 8.15. The van der Waals surface area contributed by atoms with Crippen LogP contribution in [0.15, 0.2) is 12.3 Å². The maximum absolute atomic E-state index is 12.2. The topological polar surface area (TPSA) is 56.6 Å². The number of likely N-dealkylation sites (tertiary alicyclic amines) is 1. The first kappa shape index (κ1) is 19.8. The molecule has 1 atom stereocenters. The third-order valence-electron chi connectivity index (χ3n) is 4.64. The highest BCUT2D eigenvalue weighted by Gasteiger charge is 2.38. The zero-order valence-electron chi connectivity index (χ0n) is 16.5. The van der Waals surface area contributed by atoms with E-state index in [0.29, 0.717) is 25.7 Å². The van der Waals surface area contributed by atoms with Gasteiger partial charge in [0.2, 0.25) is 0 Å². The van der Waals surface area contributed by atoms with Gasteiger partial charge in [0.05, 0.1) is 30.5 Å². The molecule has 0 radical (unpaired) electrons. The molecule has 6 nitrogen and oxygen atoms in total. The van der Waals surface area contributed by atoms with Crippen LogP contribution in [0.3, 0.4) is 0 Å². The first-order valence-electron chi connectivity index (χ1n) is 9.31. The van der Waals surface area contributed by atoms with Gasteiger partial charge in [-0.1, -0.05) is 13.8 Å². The Morgan fingerprint density at radius 3 is 2.64 bits per heavy atom. The lowest BCUT2D eigenvalue weighted by Crippen LogP contribution is -2.39. The molecule has 1 fully saturated rings. The minimum Gasteiger partial charge on any atom is -0.444 e.